The van der Waals surface area contributed by atoms with E-state index in [0.717, 1.165) is 28.0 Å². The van der Waals surface area contributed by atoms with Crippen LogP contribution in [-0.4, -0.2) is 13.0 Å². The van der Waals surface area contributed by atoms with Crippen molar-refractivity contribution in [3.8, 4) is 5.75 Å². The molecule has 124 valence electrons. The molecular formula is C20H21NO3. The molecule has 0 aliphatic rings. The van der Waals surface area contributed by atoms with E-state index in [1.54, 1.807) is 7.11 Å². The van der Waals surface area contributed by atoms with Crippen molar-refractivity contribution in [2.75, 3.05) is 7.11 Å². The molecule has 0 aliphatic heterocycles. The fraction of sp³-hybridized carbons (Fsp3) is 0.250. The molecule has 1 heterocycles. The van der Waals surface area contributed by atoms with Gasteiger partial charge >= 0.3 is 0 Å². The molecule has 3 rings (SSSR count). The molecule has 0 radical (unpaired) electrons. The van der Waals surface area contributed by atoms with Crippen LogP contribution in [0.4, 0.5) is 0 Å². The predicted molar refractivity (Wildman–Crippen MR) is 94.1 cm³/mol. The smallest absolute Gasteiger partial charge is 0.220 e. The van der Waals surface area contributed by atoms with E-state index in [2.05, 4.69) is 5.32 Å². The second-order valence-corrected chi connectivity index (χ2v) is 5.79. The predicted octanol–water partition coefficient (Wildman–Crippen LogP) is 4.25. The molecule has 1 amide bonds. The molecular weight excluding hydrogens is 302 g/mol. The Balaban J connectivity index is 1.60. The summed E-state index contributed by atoms with van der Waals surface area (Å²) in [5.74, 6) is 1.58. The van der Waals surface area contributed by atoms with Crippen molar-refractivity contribution in [3.05, 3.63) is 65.9 Å². The maximum absolute atomic E-state index is 12.2. The highest BCUT2D eigenvalue weighted by Gasteiger charge is 2.14. The van der Waals surface area contributed by atoms with Gasteiger partial charge in [-0.1, -0.05) is 36.4 Å². The zero-order valence-electron chi connectivity index (χ0n) is 13.9. The molecule has 1 atom stereocenters. The number of hydrogen-bond acceptors (Lipinski definition) is 3. The molecule has 3 aromatic rings. The molecule has 0 unspecified atom stereocenters. The van der Waals surface area contributed by atoms with Gasteiger partial charge in [0.25, 0.3) is 0 Å². The molecule has 0 saturated carbocycles. The Kier molecular flexibility index (Phi) is 4.85. The van der Waals surface area contributed by atoms with E-state index in [1.165, 1.54) is 0 Å². The Bertz CT molecular complexity index is 805. The van der Waals surface area contributed by atoms with Crippen molar-refractivity contribution in [3.63, 3.8) is 0 Å². The van der Waals surface area contributed by atoms with Crippen molar-refractivity contribution >= 4 is 16.9 Å². The summed E-state index contributed by atoms with van der Waals surface area (Å²) < 4.78 is 11.1. The van der Waals surface area contributed by atoms with E-state index in [4.69, 9.17) is 9.15 Å². The Morgan fingerprint density at radius 1 is 1.17 bits per heavy atom. The number of aryl methyl sites for hydroxylation is 1. The number of methoxy groups -OCH3 is 1. The Morgan fingerprint density at radius 3 is 2.71 bits per heavy atom. The molecule has 2 aromatic carbocycles. The van der Waals surface area contributed by atoms with Gasteiger partial charge in [0.05, 0.1) is 13.2 Å². The molecule has 4 nitrogen and oxygen atoms in total. The van der Waals surface area contributed by atoms with Crippen LogP contribution in [0.15, 0.2) is 59.0 Å². The Hall–Kier alpha value is -2.75. The standard InChI is InChI=1S/C20H21NO3/c1-14(19-13-16-8-4-6-10-18(16)24-19)21-20(22)12-11-15-7-3-5-9-17(15)23-2/h3-10,13-14H,11-12H2,1-2H3,(H,21,22)/t14-/m1/s1. The van der Waals surface area contributed by atoms with Crippen LogP contribution in [0.25, 0.3) is 11.0 Å². The lowest BCUT2D eigenvalue weighted by molar-refractivity contribution is -0.121. The van der Waals surface area contributed by atoms with Gasteiger partial charge < -0.3 is 14.5 Å². The highest BCUT2D eigenvalue weighted by molar-refractivity contribution is 5.79. The van der Waals surface area contributed by atoms with E-state index in [-0.39, 0.29) is 11.9 Å². The topological polar surface area (TPSA) is 51.5 Å². The molecule has 0 aliphatic carbocycles. The minimum absolute atomic E-state index is 0.00568. The van der Waals surface area contributed by atoms with Crippen molar-refractivity contribution < 1.29 is 13.9 Å². The van der Waals surface area contributed by atoms with Crippen LogP contribution < -0.4 is 10.1 Å². The third kappa shape index (κ3) is 3.59. The van der Waals surface area contributed by atoms with E-state index >= 15 is 0 Å². The lowest BCUT2D eigenvalue weighted by Gasteiger charge is -2.12. The summed E-state index contributed by atoms with van der Waals surface area (Å²) >= 11 is 0. The van der Waals surface area contributed by atoms with Crippen molar-refractivity contribution in [1.82, 2.24) is 5.32 Å². The zero-order valence-corrected chi connectivity index (χ0v) is 13.9. The number of rotatable bonds is 6. The first kappa shape index (κ1) is 16.1. The van der Waals surface area contributed by atoms with Crippen LogP contribution in [0.2, 0.25) is 0 Å². The normalized spacial score (nSPS) is 12.1. The number of benzene rings is 2. The third-order valence-electron chi connectivity index (χ3n) is 4.06. The number of para-hydroxylation sites is 2. The van der Waals surface area contributed by atoms with Gasteiger partial charge in [-0.2, -0.15) is 0 Å². The van der Waals surface area contributed by atoms with Crippen molar-refractivity contribution in [1.29, 1.82) is 0 Å². The monoisotopic (exact) mass is 323 g/mol. The average molecular weight is 323 g/mol. The minimum Gasteiger partial charge on any atom is -0.496 e. The minimum atomic E-state index is -0.164. The number of furan rings is 1. The number of hydrogen-bond donors (Lipinski definition) is 1. The second kappa shape index (κ2) is 7.21. The van der Waals surface area contributed by atoms with Gasteiger partial charge in [-0.25, -0.2) is 0 Å². The summed E-state index contributed by atoms with van der Waals surface area (Å²) in [6.45, 7) is 1.93. The lowest BCUT2D eigenvalue weighted by Crippen LogP contribution is -2.26. The second-order valence-electron chi connectivity index (χ2n) is 5.79. The van der Waals surface area contributed by atoms with E-state index in [9.17, 15) is 4.79 Å². The first-order valence-electron chi connectivity index (χ1n) is 8.07. The number of fused-ring (bicyclic) bond motifs is 1. The van der Waals surface area contributed by atoms with Gasteiger partial charge in [0.15, 0.2) is 0 Å². The van der Waals surface area contributed by atoms with Crippen LogP contribution in [0.1, 0.15) is 30.7 Å². The van der Waals surface area contributed by atoms with Crippen LogP contribution >= 0.6 is 0 Å². The van der Waals surface area contributed by atoms with E-state index in [1.807, 2.05) is 61.5 Å². The summed E-state index contributed by atoms with van der Waals surface area (Å²) in [5, 5.41) is 4.04. The number of ether oxygens (including phenoxy) is 1. The summed E-state index contributed by atoms with van der Waals surface area (Å²) in [6.07, 6.45) is 1.05. The molecule has 4 heteroatoms. The molecule has 1 aromatic heterocycles. The number of nitrogens with one attached hydrogen (secondary N) is 1. The van der Waals surface area contributed by atoms with Crippen molar-refractivity contribution in [2.24, 2.45) is 0 Å². The number of carbonyl (C=O) groups is 1. The molecule has 0 fully saturated rings. The van der Waals surface area contributed by atoms with Gasteiger partial charge in [-0.05, 0) is 37.1 Å². The first-order chi connectivity index (χ1) is 11.7. The largest absolute Gasteiger partial charge is 0.496 e. The van der Waals surface area contributed by atoms with Crippen LogP contribution in [0, 0.1) is 0 Å². The quantitative estimate of drug-likeness (QED) is 0.738. The summed E-state index contributed by atoms with van der Waals surface area (Å²) in [4.78, 5) is 12.2. The Morgan fingerprint density at radius 2 is 1.92 bits per heavy atom. The van der Waals surface area contributed by atoms with Gasteiger partial charge in [-0.15, -0.1) is 0 Å². The van der Waals surface area contributed by atoms with Gasteiger partial charge in [0.1, 0.15) is 17.1 Å². The SMILES string of the molecule is COc1ccccc1CCC(=O)N[C@H](C)c1cc2ccccc2o1. The lowest BCUT2D eigenvalue weighted by atomic mass is 10.1. The first-order valence-corrected chi connectivity index (χ1v) is 8.07. The van der Waals surface area contributed by atoms with Crippen LogP contribution in [0.5, 0.6) is 5.75 Å². The molecule has 0 saturated heterocycles. The molecule has 1 N–H and O–H groups in total. The maximum Gasteiger partial charge on any atom is 0.220 e. The van der Waals surface area contributed by atoms with E-state index < -0.39 is 0 Å². The van der Waals surface area contributed by atoms with Crippen LogP contribution in [0.3, 0.4) is 0 Å². The van der Waals surface area contributed by atoms with E-state index in [0.29, 0.717) is 12.8 Å². The van der Waals surface area contributed by atoms with Gasteiger partial charge in [0, 0.05) is 11.8 Å². The number of carbonyl (C=O) groups excluding carboxylic acids is 1. The van der Waals surface area contributed by atoms with Crippen LogP contribution in [-0.2, 0) is 11.2 Å². The number of amides is 1. The molecule has 24 heavy (non-hydrogen) atoms. The zero-order chi connectivity index (χ0) is 16.9. The Labute approximate surface area is 141 Å². The molecule has 0 bridgehead atoms. The highest BCUT2D eigenvalue weighted by atomic mass is 16.5. The average Bonchev–Trinajstić information content (AvgIpc) is 3.04. The molecule has 0 spiro atoms. The highest BCUT2D eigenvalue weighted by Crippen LogP contribution is 2.24. The van der Waals surface area contributed by atoms with Crippen molar-refractivity contribution in [2.45, 2.75) is 25.8 Å². The summed E-state index contributed by atoms with van der Waals surface area (Å²) in [5.41, 5.74) is 1.87. The maximum atomic E-state index is 12.2. The third-order valence-corrected chi connectivity index (χ3v) is 4.06. The fourth-order valence-corrected chi connectivity index (χ4v) is 2.76. The fourth-order valence-electron chi connectivity index (χ4n) is 2.76. The van der Waals surface area contributed by atoms with Gasteiger partial charge in [-0.3, -0.25) is 4.79 Å². The van der Waals surface area contributed by atoms with Gasteiger partial charge in [0.2, 0.25) is 5.91 Å². The summed E-state index contributed by atoms with van der Waals surface area (Å²) in [6, 6.07) is 17.4. The summed E-state index contributed by atoms with van der Waals surface area (Å²) in [7, 11) is 1.64.